The molecule has 1 aromatic carbocycles. The Bertz CT molecular complexity index is 499. The summed E-state index contributed by atoms with van der Waals surface area (Å²) in [5, 5.41) is 20.1. The fourth-order valence-corrected chi connectivity index (χ4v) is 1.27. The second-order valence-corrected chi connectivity index (χ2v) is 3.70. The zero-order valence-electron chi connectivity index (χ0n) is 9.49. The van der Waals surface area contributed by atoms with E-state index in [-0.39, 0.29) is 11.3 Å². The molecule has 0 aliphatic carbocycles. The van der Waals surface area contributed by atoms with Crippen molar-refractivity contribution in [3.63, 3.8) is 0 Å². The molecule has 0 aliphatic heterocycles. The van der Waals surface area contributed by atoms with E-state index >= 15 is 0 Å². The fraction of sp³-hybridized carbons (Fsp3) is 0.273. The maximum absolute atomic E-state index is 11.9. The highest BCUT2D eigenvalue weighted by atomic mass is 19.4. The Morgan fingerprint density at radius 3 is 2.37 bits per heavy atom. The number of nitrogens with one attached hydrogen (secondary N) is 1. The Morgan fingerprint density at radius 1 is 1.26 bits per heavy atom. The van der Waals surface area contributed by atoms with Gasteiger partial charge >= 0.3 is 12.1 Å². The van der Waals surface area contributed by atoms with Crippen LogP contribution >= 0.6 is 0 Å². The summed E-state index contributed by atoms with van der Waals surface area (Å²) in [6.45, 7) is 0. The van der Waals surface area contributed by atoms with Gasteiger partial charge in [-0.15, -0.1) is 0 Å². The van der Waals surface area contributed by atoms with Crippen LogP contribution in [-0.2, 0) is 4.79 Å². The number of hydrogen-bond donors (Lipinski definition) is 3. The van der Waals surface area contributed by atoms with Crippen LogP contribution in [0.4, 0.5) is 18.9 Å². The third kappa shape index (κ3) is 4.86. The predicted molar refractivity (Wildman–Crippen MR) is 59.0 cm³/mol. The Labute approximate surface area is 105 Å². The lowest BCUT2D eigenvalue weighted by atomic mass is 10.2. The maximum Gasteiger partial charge on any atom is 0.389 e. The summed E-state index contributed by atoms with van der Waals surface area (Å²) >= 11 is 0. The third-order valence-corrected chi connectivity index (χ3v) is 2.15. The standard InChI is InChI=1S/C11H10F3NO4/c12-11(13,14)4-3-9(17)15-6-1-2-7(10(18)19)8(16)5-6/h1-2,5,16H,3-4H2,(H,15,17)(H,18,19). The van der Waals surface area contributed by atoms with Gasteiger partial charge in [0, 0.05) is 18.2 Å². The van der Waals surface area contributed by atoms with Crippen molar-refractivity contribution in [3.8, 4) is 5.75 Å². The fourth-order valence-electron chi connectivity index (χ4n) is 1.27. The molecule has 0 heterocycles. The highest BCUT2D eigenvalue weighted by Gasteiger charge is 2.27. The van der Waals surface area contributed by atoms with Crippen LogP contribution < -0.4 is 5.32 Å². The van der Waals surface area contributed by atoms with Crippen molar-refractivity contribution in [3.05, 3.63) is 23.8 Å². The van der Waals surface area contributed by atoms with Gasteiger partial charge in [0.25, 0.3) is 0 Å². The summed E-state index contributed by atoms with van der Waals surface area (Å²) in [4.78, 5) is 21.8. The van der Waals surface area contributed by atoms with Crippen molar-refractivity contribution in [2.75, 3.05) is 5.32 Å². The van der Waals surface area contributed by atoms with Gasteiger partial charge in [-0.2, -0.15) is 13.2 Å². The molecule has 1 aromatic rings. The first-order chi connectivity index (χ1) is 8.69. The smallest absolute Gasteiger partial charge is 0.389 e. The number of carbonyl (C=O) groups is 2. The Kier molecular flexibility index (Phi) is 4.36. The first kappa shape index (κ1) is 14.8. The van der Waals surface area contributed by atoms with Gasteiger partial charge < -0.3 is 15.5 Å². The van der Waals surface area contributed by atoms with Crippen LogP contribution in [0, 0.1) is 0 Å². The number of anilines is 1. The number of amides is 1. The van der Waals surface area contributed by atoms with E-state index in [1.165, 1.54) is 6.07 Å². The molecule has 0 radical (unpaired) electrons. The second-order valence-electron chi connectivity index (χ2n) is 3.70. The van der Waals surface area contributed by atoms with E-state index in [2.05, 4.69) is 5.32 Å². The quantitative estimate of drug-likeness (QED) is 0.788. The van der Waals surface area contributed by atoms with Gasteiger partial charge in [0.05, 0.1) is 6.42 Å². The van der Waals surface area contributed by atoms with E-state index in [1.807, 2.05) is 0 Å². The average molecular weight is 277 g/mol. The van der Waals surface area contributed by atoms with E-state index in [4.69, 9.17) is 5.11 Å². The number of carboxylic acid groups (broad SMARTS) is 1. The number of rotatable bonds is 4. The molecule has 1 rings (SSSR count). The number of halogens is 3. The molecule has 0 fully saturated rings. The Morgan fingerprint density at radius 2 is 1.89 bits per heavy atom. The SMILES string of the molecule is O=C(CCC(F)(F)F)Nc1ccc(C(=O)O)c(O)c1. The van der Waals surface area contributed by atoms with E-state index in [0.717, 1.165) is 12.1 Å². The van der Waals surface area contributed by atoms with Crippen molar-refractivity contribution in [1.82, 2.24) is 0 Å². The van der Waals surface area contributed by atoms with Gasteiger partial charge in [-0.1, -0.05) is 0 Å². The predicted octanol–water partition coefficient (Wildman–Crippen LogP) is 2.37. The minimum absolute atomic E-state index is 0.0228. The van der Waals surface area contributed by atoms with Crippen LogP contribution in [0.15, 0.2) is 18.2 Å². The lowest BCUT2D eigenvalue weighted by Gasteiger charge is -2.08. The van der Waals surface area contributed by atoms with E-state index < -0.39 is 36.6 Å². The van der Waals surface area contributed by atoms with E-state index in [9.17, 15) is 27.9 Å². The summed E-state index contributed by atoms with van der Waals surface area (Å²) in [5.41, 5.74) is -0.344. The first-order valence-electron chi connectivity index (χ1n) is 5.12. The molecule has 1 amide bonds. The largest absolute Gasteiger partial charge is 0.507 e. The van der Waals surface area contributed by atoms with Crippen LogP contribution in [-0.4, -0.2) is 28.3 Å². The summed E-state index contributed by atoms with van der Waals surface area (Å²) in [5.74, 6) is -2.81. The lowest BCUT2D eigenvalue weighted by molar-refractivity contribution is -0.142. The Hall–Kier alpha value is -2.25. The van der Waals surface area contributed by atoms with Crippen molar-refractivity contribution >= 4 is 17.6 Å². The zero-order chi connectivity index (χ0) is 14.6. The molecule has 0 saturated heterocycles. The molecule has 0 atom stereocenters. The van der Waals surface area contributed by atoms with Crippen LogP contribution in [0.3, 0.4) is 0 Å². The summed E-state index contributed by atoms with van der Waals surface area (Å²) in [6, 6.07) is 3.17. The molecule has 104 valence electrons. The number of aromatic hydroxyl groups is 1. The van der Waals surface area contributed by atoms with Gasteiger partial charge in [0.15, 0.2) is 0 Å². The molecule has 8 heteroatoms. The molecule has 19 heavy (non-hydrogen) atoms. The molecule has 0 saturated carbocycles. The summed E-state index contributed by atoms with van der Waals surface area (Å²) < 4.78 is 35.6. The third-order valence-electron chi connectivity index (χ3n) is 2.15. The number of carbonyl (C=O) groups excluding carboxylic acids is 1. The maximum atomic E-state index is 11.9. The number of hydrogen-bond acceptors (Lipinski definition) is 3. The molecule has 0 spiro atoms. The minimum atomic E-state index is -4.42. The van der Waals surface area contributed by atoms with Crippen LogP contribution in [0.2, 0.25) is 0 Å². The van der Waals surface area contributed by atoms with Gasteiger partial charge in [0.2, 0.25) is 5.91 Å². The minimum Gasteiger partial charge on any atom is -0.507 e. The topological polar surface area (TPSA) is 86.6 Å². The second kappa shape index (κ2) is 5.59. The van der Waals surface area contributed by atoms with Crippen LogP contribution in [0.25, 0.3) is 0 Å². The number of phenols is 1. The number of benzene rings is 1. The van der Waals surface area contributed by atoms with Gasteiger partial charge in [-0.05, 0) is 12.1 Å². The monoisotopic (exact) mass is 277 g/mol. The van der Waals surface area contributed by atoms with E-state index in [0.29, 0.717) is 0 Å². The molecule has 0 aliphatic rings. The molecule has 5 nitrogen and oxygen atoms in total. The van der Waals surface area contributed by atoms with Crippen molar-refractivity contribution in [2.24, 2.45) is 0 Å². The van der Waals surface area contributed by atoms with Gasteiger partial charge in [-0.3, -0.25) is 4.79 Å². The van der Waals surface area contributed by atoms with Crippen molar-refractivity contribution < 1.29 is 33.0 Å². The molecule has 3 N–H and O–H groups in total. The van der Waals surface area contributed by atoms with Gasteiger partial charge in [0.1, 0.15) is 11.3 Å². The van der Waals surface area contributed by atoms with Crippen LogP contribution in [0.5, 0.6) is 5.75 Å². The molecule has 0 bridgehead atoms. The highest BCUT2D eigenvalue weighted by Crippen LogP contribution is 2.24. The number of aromatic carboxylic acids is 1. The average Bonchev–Trinajstić information content (AvgIpc) is 2.25. The number of carboxylic acids is 1. The molecule has 0 unspecified atom stereocenters. The zero-order valence-corrected chi connectivity index (χ0v) is 9.49. The molecular weight excluding hydrogens is 267 g/mol. The summed E-state index contributed by atoms with van der Waals surface area (Å²) in [6.07, 6.45) is -6.42. The number of alkyl halides is 3. The first-order valence-corrected chi connectivity index (χ1v) is 5.12. The normalized spacial score (nSPS) is 11.1. The van der Waals surface area contributed by atoms with Crippen LogP contribution in [0.1, 0.15) is 23.2 Å². The Balaban J connectivity index is 2.65. The van der Waals surface area contributed by atoms with Crippen molar-refractivity contribution in [1.29, 1.82) is 0 Å². The van der Waals surface area contributed by atoms with Gasteiger partial charge in [-0.25, -0.2) is 4.79 Å². The van der Waals surface area contributed by atoms with E-state index in [1.54, 1.807) is 0 Å². The highest BCUT2D eigenvalue weighted by molar-refractivity contribution is 5.94. The summed E-state index contributed by atoms with van der Waals surface area (Å²) in [7, 11) is 0. The molecular formula is C11H10F3NO4. The molecule has 0 aromatic heterocycles. The van der Waals surface area contributed by atoms with Crippen molar-refractivity contribution in [2.45, 2.75) is 19.0 Å². The lowest BCUT2D eigenvalue weighted by Crippen LogP contribution is -2.16.